The van der Waals surface area contributed by atoms with Gasteiger partial charge < -0.3 is 19.4 Å². The largest absolute Gasteiger partial charge is 0.378 e. The van der Waals surface area contributed by atoms with Crippen LogP contribution in [0, 0.1) is 0 Å². The lowest BCUT2D eigenvalue weighted by Crippen LogP contribution is -2.30. The van der Waals surface area contributed by atoms with E-state index in [9.17, 15) is 0 Å². The molecule has 2 aromatic heterocycles. The second-order valence-corrected chi connectivity index (χ2v) is 17.2. The van der Waals surface area contributed by atoms with Gasteiger partial charge in [-0.1, -0.05) is 158 Å². The average Bonchev–Trinajstić information content (AvgIpc) is 3.88. The molecule has 4 unspecified atom stereocenters. The smallest absolute Gasteiger partial charge is 0.0560 e. The van der Waals surface area contributed by atoms with E-state index < -0.39 is 0 Å². The minimum absolute atomic E-state index is 0.0839. The van der Waals surface area contributed by atoms with Crippen molar-refractivity contribution in [3.8, 4) is 5.69 Å². The first kappa shape index (κ1) is 37.9. The van der Waals surface area contributed by atoms with Gasteiger partial charge in [0.05, 0.1) is 29.2 Å². The molecule has 0 bridgehead atoms. The van der Waals surface area contributed by atoms with E-state index in [2.05, 4.69) is 256 Å². The highest BCUT2D eigenvalue weighted by Gasteiger charge is 2.28. The van der Waals surface area contributed by atoms with Gasteiger partial charge in [-0.3, -0.25) is 0 Å². The molecule has 3 aliphatic rings. The van der Waals surface area contributed by atoms with Gasteiger partial charge in [0.15, 0.2) is 0 Å². The summed E-state index contributed by atoms with van der Waals surface area (Å²) in [4.78, 5) is 2.51. The zero-order valence-corrected chi connectivity index (χ0v) is 35.6. The lowest BCUT2D eigenvalue weighted by atomic mass is 9.82. The molecule has 308 valence electrons. The van der Waals surface area contributed by atoms with E-state index in [1.807, 2.05) is 0 Å². The summed E-state index contributed by atoms with van der Waals surface area (Å²) in [5.41, 5.74) is 13.5. The number of hydrogen-bond donors (Lipinski definition) is 1. The van der Waals surface area contributed by atoms with E-state index in [0.29, 0.717) is 6.04 Å². The number of nitrogens with zero attached hydrogens (tertiary/aromatic N) is 3. The van der Waals surface area contributed by atoms with E-state index in [1.165, 1.54) is 77.4 Å². The third kappa shape index (κ3) is 6.70. The van der Waals surface area contributed by atoms with Crippen molar-refractivity contribution >= 4 is 60.7 Å². The quantitative estimate of drug-likeness (QED) is 0.157. The number of rotatable bonds is 9. The molecule has 7 aromatic carbocycles. The summed E-state index contributed by atoms with van der Waals surface area (Å²) < 4.78 is 4.92. The fourth-order valence-electron chi connectivity index (χ4n) is 10.5. The van der Waals surface area contributed by atoms with Crippen LogP contribution in [0.3, 0.4) is 0 Å². The normalized spacial score (nSPS) is 19.4. The van der Waals surface area contributed by atoms with Crippen molar-refractivity contribution in [3.05, 3.63) is 253 Å². The number of aromatic nitrogens is 2. The van der Waals surface area contributed by atoms with Crippen LogP contribution in [-0.4, -0.2) is 21.2 Å². The van der Waals surface area contributed by atoms with E-state index >= 15 is 0 Å². The van der Waals surface area contributed by atoms with Gasteiger partial charge in [0.1, 0.15) is 0 Å². The van der Waals surface area contributed by atoms with Gasteiger partial charge in [0.2, 0.25) is 0 Å². The molecule has 0 aliphatic heterocycles. The lowest BCUT2D eigenvalue weighted by molar-refractivity contribution is 0.648. The second kappa shape index (κ2) is 16.1. The summed E-state index contributed by atoms with van der Waals surface area (Å²) in [5, 5.41) is 9.01. The van der Waals surface area contributed by atoms with Crippen molar-refractivity contribution in [1.82, 2.24) is 9.13 Å². The van der Waals surface area contributed by atoms with Gasteiger partial charge in [-0.2, -0.15) is 0 Å². The second-order valence-electron chi connectivity index (χ2n) is 17.2. The van der Waals surface area contributed by atoms with Crippen molar-refractivity contribution in [2.24, 2.45) is 0 Å². The summed E-state index contributed by atoms with van der Waals surface area (Å²) in [6.07, 6.45) is 25.2. The summed E-state index contributed by atoms with van der Waals surface area (Å²) in [7, 11) is 0. The first-order valence-electron chi connectivity index (χ1n) is 22.6. The number of allylic oxidation sites excluding steroid dienone is 8. The number of nitrogens with one attached hydrogen (secondary N) is 1. The van der Waals surface area contributed by atoms with E-state index in [-0.39, 0.29) is 18.0 Å². The Hall–Kier alpha value is -7.82. The van der Waals surface area contributed by atoms with E-state index in [1.54, 1.807) is 0 Å². The Labute approximate surface area is 374 Å². The summed E-state index contributed by atoms with van der Waals surface area (Å²) >= 11 is 0. The van der Waals surface area contributed by atoms with Crippen molar-refractivity contribution in [2.45, 2.75) is 36.9 Å². The van der Waals surface area contributed by atoms with Crippen LogP contribution in [0.4, 0.5) is 17.1 Å². The molecule has 9 aromatic rings. The van der Waals surface area contributed by atoms with Gasteiger partial charge in [-0.15, -0.1) is 0 Å². The van der Waals surface area contributed by atoms with Crippen molar-refractivity contribution < 1.29 is 0 Å². The Balaban J connectivity index is 0.902. The highest BCUT2D eigenvalue weighted by atomic mass is 15.2. The molecule has 64 heavy (non-hydrogen) atoms. The van der Waals surface area contributed by atoms with Crippen molar-refractivity contribution in [1.29, 1.82) is 0 Å². The maximum atomic E-state index is 3.89. The summed E-state index contributed by atoms with van der Waals surface area (Å²) in [6, 6.07) is 64.6. The zero-order valence-electron chi connectivity index (χ0n) is 35.6. The number of anilines is 3. The lowest BCUT2D eigenvalue weighted by Gasteiger charge is -2.34. The van der Waals surface area contributed by atoms with Gasteiger partial charge >= 0.3 is 0 Å². The summed E-state index contributed by atoms with van der Waals surface area (Å²) in [5.74, 6) is 0.113. The average molecular weight is 825 g/mol. The third-order valence-electron chi connectivity index (χ3n) is 13.5. The van der Waals surface area contributed by atoms with Crippen LogP contribution in [0.2, 0.25) is 0 Å². The number of benzene rings is 7. The van der Waals surface area contributed by atoms with Crippen molar-refractivity contribution in [3.63, 3.8) is 0 Å². The molecular weight excluding hydrogens is 777 g/mol. The first-order chi connectivity index (χ1) is 31.7. The van der Waals surface area contributed by atoms with Crippen LogP contribution in [0.5, 0.6) is 0 Å². The van der Waals surface area contributed by atoms with Gasteiger partial charge in [0.25, 0.3) is 0 Å². The molecule has 0 fully saturated rings. The predicted molar refractivity (Wildman–Crippen MR) is 270 cm³/mol. The minimum Gasteiger partial charge on any atom is -0.378 e. The molecule has 4 nitrogen and oxygen atoms in total. The molecule has 0 saturated heterocycles. The molecule has 2 heterocycles. The fourth-order valence-corrected chi connectivity index (χ4v) is 10.5. The Morgan fingerprint density at radius 3 is 1.92 bits per heavy atom. The number of fused-ring (bicyclic) bond motifs is 6. The zero-order chi connectivity index (χ0) is 42.4. The first-order valence-corrected chi connectivity index (χ1v) is 22.6. The van der Waals surface area contributed by atoms with Gasteiger partial charge in [-0.25, -0.2) is 0 Å². The van der Waals surface area contributed by atoms with Crippen molar-refractivity contribution in [2.75, 3.05) is 10.2 Å². The fraction of sp³-hybridized carbons (Fsp3) is 0.100. The number of hydrogen-bond acceptors (Lipinski definition) is 2. The van der Waals surface area contributed by atoms with Gasteiger partial charge in [-0.05, 0) is 108 Å². The molecule has 1 N–H and O–H groups in total. The Morgan fingerprint density at radius 2 is 1.16 bits per heavy atom. The SMILES string of the molecule is C1=CCC(n2c3ccccc3c3cc(C4C=C(C5=CCC(N(c6ccccc6)c6ccc7c(c6)c6ccccc6n7-c6ccccc6)C=C5)C=CC4Nc4ccccc4)ccc32)C=C1. The summed E-state index contributed by atoms with van der Waals surface area (Å²) in [6.45, 7) is 0. The Bertz CT molecular complexity index is 3380. The number of para-hydroxylation sites is 5. The Morgan fingerprint density at radius 1 is 0.500 bits per heavy atom. The molecule has 0 saturated carbocycles. The van der Waals surface area contributed by atoms with Crippen LogP contribution >= 0.6 is 0 Å². The standard InChI is InChI=1S/C60H48N4/c1-5-17-45(18-6-1)61-56-36-31-43(39-53(56)44-32-37-59-54(40-44)51-25-13-15-27-57(51)63(59)47-21-9-3-10-22-47)42-29-33-49(34-30-42)62(46-19-7-2-8-20-46)50-35-38-60-55(41-50)52-26-14-16-28-58(52)64(60)48-23-11-4-12-24-48/h1-21,23-33,35-41,47,49,53,56,61H,22,34H2. The molecule has 12 rings (SSSR count). The predicted octanol–water partition coefficient (Wildman–Crippen LogP) is 15.1. The molecule has 4 heteroatoms. The van der Waals surface area contributed by atoms with E-state index in [4.69, 9.17) is 0 Å². The highest BCUT2D eigenvalue weighted by Crippen LogP contribution is 2.41. The molecular formula is C60H48N4. The monoisotopic (exact) mass is 824 g/mol. The molecule has 0 amide bonds. The maximum absolute atomic E-state index is 3.89. The Kier molecular flexibility index (Phi) is 9.56. The molecule has 3 aliphatic carbocycles. The highest BCUT2D eigenvalue weighted by molar-refractivity contribution is 6.11. The topological polar surface area (TPSA) is 25.1 Å². The molecule has 4 atom stereocenters. The van der Waals surface area contributed by atoms with Crippen LogP contribution in [0.25, 0.3) is 49.3 Å². The maximum Gasteiger partial charge on any atom is 0.0560 e. The molecule has 0 radical (unpaired) electrons. The van der Waals surface area contributed by atoms with Gasteiger partial charge in [0, 0.05) is 61.2 Å². The van der Waals surface area contributed by atoms with Crippen LogP contribution in [0.1, 0.15) is 30.4 Å². The minimum atomic E-state index is 0.0839. The molecule has 0 spiro atoms. The van der Waals surface area contributed by atoms with Crippen LogP contribution in [0.15, 0.2) is 248 Å². The van der Waals surface area contributed by atoms with E-state index in [0.717, 1.165) is 18.5 Å². The van der Waals surface area contributed by atoms with Crippen LogP contribution < -0.4 is 10.2 Å². The van der Waals surface area contributed by atoms with Crippen LogP contribution in [-0.2, 0) is 0 Å². The third-order valence-corrected chi connectivity index (χ3v) is 13.5.